The van der Waals surface area contributed by atoms with Crippen molar-refractivity contribution in [2.75, 3.05) is 18.4 Å². The maximum Gasteiger partial charge on any atom is 0.270 e. The van der Waals surface area contributed by atoms with Gasteiger partial charge in [0.1, 0.15) is 24.3 Å². The normalized spacial score (nSPS) is 10.6. The third kappa shape index (κ3) is 4.66. The lowest BCUT2D eigenvalue weighted by Gasteiger charge is -2.10. The van der Waals surface area contributed by atoms with E-state index in [0.29, 0.717) is 24.7 Å². The second-order valence-electron chi connectivity index (χ2n) is 6.15. The summed E-state index contributed by atoms with van der Waals surface area (Å²) in [5.74, 6) is 0.866. The number of halogens is 1. The van der Waals surface area contributed by atoms with Crippen LogP contribution in [0.4, 0.5) is 11.5 Å². The summed E-state index contributed by atoms with van der Waals surface area (Å²) in [6.07, 6.45) is 3.15. The number of carbonyl (C=O) groups is 1. The molecule has 0 saturated carbocycles. The number of anilines is 1. The van der Waals surface area contributed by atoms with Crippen molar-refractivity contribution in [1.82, 2.24) is 24.8 Å². The quantitative estimate of drug-likeness (QED) is 0.345. The molecule has 29 heavy (non-hydrogen) atoms. The number of nitro benzene ring substituents is 1. The fraction of sp³-hybridized carbons (Fsp3) is 0.222. The van der Waals surface area contributed by atoms with Gasteiger partial charge in [0.05, 0.1) is 21.2 Å². The molecule has 10 nitrogen and oxygen atoms in total. The van der Waals surface area contributed by atoms with E-state index in [2.05, 4.69) is 25.6 Å². The van der Waals surface area contributed by atoms with Crippen LogP contribution < -0.4 is 10.6 Å². The number of nitro groups is 1. The predicted octanol–water partition coefficient (Wildman–Crippen LogP) is 2.68. The number of non-ortho nitro benzene ring substituents is 1. The number of carbonyl (C=O) groups excluding carboxylic acids is 1. The minimum atomic E-state index is -0.569. The summed E-state index contributed by atoms with van der Waals surface area (Å²) in [5, 5.41) is 16.6. The largest absolute Gasteiger partial charge is 0.368 e. The lowest BCUT2D eigenvalue weighted by Crippen LogP contribution is -2.29. The number of aromatic nitrogens is 4. The van der Waals surface area contributed by atoms with Gasteiger partial charge >= 0.3 is 0 Å². The first-order valence-electron chi connectivity index (χ1n) is 8.66. The zero-order valence-electron chi connectivity index (χ0n) is 15.7. The van der Waals surface area contributed by atoms with Crippen molar-refractivity contribution in [2.24, 2.45) is 0 Å². The molecule has 1 amide bonds. The molecule has 150 valence electrons. The van der Waals surface area contributed by atoms with Crippen LogP contribution in [0, 0.1) is 24.0 Å². The average Bonchev–Trinajstić information content (AvgIpc) is 3.04. The fourth-order valence-electron chi connectivity index (χ4n) is 2.57. The lowest BCUT2D eigenvalue weighted by atomic mass is 10.2. The molecule has 3 rings (SSSR count). The van der Waals surface area contributed by atoms with Gasteiger partial charge in [-0.2, -0.15) is 0 Å². The molecule has 3 aromatic rings. The van der Waals surface area contributed by atoms with Gasteiger partial charge in [-0.25, -0.2) is 15.0 Å². The van der Waals surface area contributed by atoms with Crippen molar-refractivity contribution in [3.63, 3.8) is 0 Å². The molecule has 0 bridgehead atoms. The standard InChI is InChI=1S/C18H18ClN7O3/c1-11-12(2)25(10-24-11)17-8-16(22-9-23-17)20-5-6-21-18(27)14-4-3-13(26(28)29)7-15(14)19/h3-4,7-10H,5-6H2,1-2H3,(H,21,27)(H,20,22,23). The van der Waals surface area contributed by atoms with Gasteiger partial charge in [0.25, 0.3) is 11.6 Å². The van der Waals surface area contributed by atoms with Crippen molar-refractivity contribution in [3.05, 3.63) is 69.0 Å². The molecule has 0 radical (unpaired) electrons. The summed E-state index contributed by atoms with van der Waals surface area (Å²) >= 11 is 5.96. The van der Waals surface area contributed by atoms with Gasteiger partial charge in [-0.3, -0.25) is 19.5 Å². The van der Waals surface area contributed by atoms with E-state index in [1.54, 1.807) is 12.4 Å². The highest BCUT2D eigenvalue weighted by Gasteiger charge is 2.14. The van der Waals surface area contributed by atoms with Crippen LogP contribution in [0.1, 0.15) is 21.7 Å². The van der Waals surface area contributed by atoms with Gasteiger partial charge < -0.3 is 10.6 Å². The highest BCUT2D eigenvalue weighted by atomic mass is 35.5. The monoisotopic (exact) mass is 415 g/mol. The van der Waals surface area contributed by atoms with E-state index in [-0.39, 0.29) is 16.3 Å². The van der Waals surface area contributed by atoms with Gasteiger partial charge in [-0.05, 0) is 19.9 Å². The predicted molar refractivity (Wildman–Crippen MR) is 108 cm³/mol. The van der Waals surface area contributed by atoms with Crippen molar-refractivity contribution in [2.45, 2.75) is 13.8 Å². The molecule has 0 aliphatic carbocycles. The fourth-order valence-corrected chi connectivity index (χ4v) is 2.83. The Morgan fingerprint density at radius 2 is 2.00 bits per heavy atom. The molecule has 2 aromatic heterocycles. The summed E-state index contributed by atoms with van der Waals surface area (Å²) in [7, 11) is 0. The highest BCUT2D eigenvalue weighted by molar-refractivity contribution is 6.34. The van der Waals surface area contributed by atoms with Crippen LogP contribution in [-0.4, -0.2) is 43.4 Å². The molecular formula is C18H18ClN7O3. The maximum absolute atomic E-state index is 12.2. The second-order valence-corrected chi connectivity index (χ2v) is 6.56. The molecule has 0 aliphatic rings. The summed E-state index contributed by atoms with van der Waals surface area (Å²) < 4.78 is 1.86. The first-order valence-corrected chi connectivity index (χ1v) is 9.03. The van der Waals surface area contributed by atoms with Crippen LogP contribution in [0.5, 0.6) is 0 Å². The van der Waals surface area contributed by atoms with Crippen LogP contribution in [-0.2, 0) is 0 Å². The van der Waals surface area contributed by atoms with E-state index in [0.717, 1.165) is 17.5 Å². The van der Waals surface area contributed by atoms with E-state index in [1.165, 1.54) is 18.5 Å². The third-order valence-corrected chi connectivity index (χ3v) is 4.59. The third-order valence-electron chi connectivity index (χ3n) is 4.28. The van der Waals surface area contributed by atoms with Gasteiger partial charge in [0.15, 0.2) is 0 Å². The smallest absolute Gasteiger partial charge is 0.270 e. The Kier molecular flexibility index (Phi) is 6.03. The molecule has 0 atom stereocenters. The Labute approximate surface area is 171 Å². The average molecular weight is 416 g/mol. The van der Waals surface area contributed by atoms with Crippen LogP contribution in [0.2, 0.25) is 5.02 Å². The SMILES string of the molecule is Cc1ncn(-c2cc(NCCNC(=O)c3ccc([N+](=O)[O-])cc3Cl)ncn2)c1C. The minimum Gasteiger partial charge on any atom is -0.368 e. The van der Waals surface area contributed by atoms with Crippen molar-refractivity contribution < 1.29 is 9.72 Å². The maximum atomic E-state index is 12.2. The van der Waals surface area contributed by atoms with Crippen LogP contribution in [0.3, 0.4) is 0 Å². The van der Waals surface area contributed by atoms with Gasteiger partial charge in [0.2, 0.25) is 0 Å². The van der Waals surface area contributed by atoms with E-state index in [9.17, 15) is 14.9 Å². The Morgan fingerprint density at radius 3 is 2.66 bits per heavy atom. The number of rotatable bonds is 7. The first kappa shape index (κ1) is 20.2. The number of aryl methyl sites for hydroxylation is 1. The molecule has 0 fully saturated rings. The summed E-state index contributed by atoms with van der Waals surface area (Å²) in [4.78, 5) is 35.0. The second kappa shape index (κ2) is 8.65. The van der Waals surface area contributed by atoms with Crippen LogP contribution >= 0.6 is 11.6 Å². The number of amides is 1. The molecule has 2 N–H and O–H groups in total. The van der Waals surface area contributed by atoms with Gasteiger partial charge in [0, 0.05) is 37.0 Å². The van der Waals surface area contributed by atoms with Crippen molar-refractivity contribution in [1.29, 1.82) is 0 Å². The van der Waals surface area contributed by atoms with E-state index in [1.807, 2.05) is 18.4 Å². The summed E-state index contributed by atoms with van der Waals surface area (Å²) in [6, 6.07) is 5.50. The molecule has 0 spiro atoms. The number of imidazole rings is 1. The minimum absolute atomic E-state index is 0.0242. The molecule has 0 unspecified atom stereocenters. The van der Waals surface area contributed by atoms with E-state index in [4.69, 9.17) is 11.6 Å². The lowest BCUT2D eigenvalue weighted by molar-refractivity contribution is -0.384. The van der Waals surface area contributed by atoms with E-state index >= 15 is 0 Å². The molecule has 1 aromatic carbocycles. The number of nitrogens with zero attached hydrogens (tertiary/aromatic N) is 5. The number of hydrogen-bond donors (Lipinski definition) is 2. The summed E-state index contributed by atoms with van der Waals surface area (Å²) in [6.45, 7) is 4.59. The Bertz CT molecular complexity index is 1070. The molecule has 2 heterocycles. The molecule has 0 saturated heterocycles. The zero-order chi connectivity index (χ0) is 21.0. The molecule has 0 aliphatic heterocycles. The highest BCUT2D eigenvalue weighted by Crippen LogP contribution is 2.22. The van der Waals surface area contributed by atoms with Gasteiger partial charge in [-0.15, -0.1) is 0 Å². The number of nitrogens with one attached hydrogen (secondary N) is 2. The zero-order valence-corrected chi connectivity index (χ0v) is 16.5. The molecule has 11 heteroatoms. The Morgan fingerprint density at radius 1 is 1.21 bits per heavy atom. The van der Waals surface area contributed by atoms with Crippen LogP contribution in [0.15, 0.2) is 36.9 Å². The number of hydrogen-bond acceptors (Lipinski definition) is 7. The first-order chi connectivity index (χ1) is 13.9. The van der Waals surface area contributed by atoms with Crippen molar-refractivity contribution in [3.8, 4) is 5.82 Å². The topological polar surface area (TPSA) is 128 Å². The summed E-state index contributed by atoms with van der Waals surface area (Å²) in [5.41, 5.74) is 1.91. The van der Waals surface area contributed by atoms with Gasteiger partial charge in [-0.1, -0.05) is 11.6 Å². The Hall–Kier alpha value is -3.53. The van der Waals surface area contributed by atoms with Crippen LogP contribution in [0.25, 0.3) is 5.82 Å². The molecular weight excluding hydrogens is 398 g/mol. The van der Waals surface area contributed by atoms with Crippen molar-refractivity contribution >= 4 is 29.0 Å². The number of benzene rings is 1. The van der Waals surface area contributed by atoms with E-state index < -0.39 is 10.8 Å². The Balaban J connectivity index is 1.56.